The van der Waals surface area contributed by atoms with Crippen molar-refractivity contribution in [3.8, 4) is 0 Å². The van der Waals surface area contributed by atoms with E-state index in [9.17, 15) is 14.4 Å². The summed E-state index contributed by atoms with van der Waals surface area (Å²) in [5.41, 5.74) is 1.12. The van der Waals surface area contributed by atoms with Crippen molar-refractivity contribution in [3.63, 3.8) is 0 Å². The number of carbonyl (C=O) groups excluding carboxylic acids is 3. The van der Waals surface area contributed by atoms with Gasteiger partial charge in [0.25, 0.3) is 0 Å². The molecule has 1 saturated heterocycles. The van der Waals surface area contributed by atoms with Gasteiger partial charge in [-0.2, -0.15) is 0 Å². The van der Waals surface area contributed by atoms with E-state index in [2.05, 4.69) is 5.32 Å². The van der Waals surface area contributed by atoms with Crippen LogP contribution in [0.2, 0.25) is 0 Å². The lowest BCUT2D eigenvalue weighted by Gasteiger charge is -2.35. The van der Waals surface area contributed by atoms with Gasteiger partial charge in [0.1, 0.15) is 13.2 Å². The molecule has 1 N–H and O–H groups in total. The van der Waals surface area contributed by atoms with E-state index in [0.29, 0.717) is 6.42 Å². The first-order valence-corrected chi connectivity index (χ1v) is 10.7. The molecule has 1 aliphatic heterocycles. The van der Waals surface area contributed by atoms with E-state index in [-0.39, 0.29) is 19.6 Å². The Labute approximate surface area is 188 Å². The fourth-order valence-electron chi connectivity index (χ4n) is 3.72. The highest BCUT2D eigenvalue weighted by atomic mass is 16.6. The van der Waals surface area contributed by atoms with E-state index < -0.39 is 35.5 Å². The van der Waals surface area contributed by atoms with Crippen LogP contribution in [0.25, 0.3) is 0 Å². The number of nitrogens with zero attached hydrogens (tertiary/aromatic N) is 1. The van der Waals surface area contributed by atoms with Crippen LogP contribution < -0.4 is 5.32 Å². The van der Waals surface area contributed by atoms with Crippen LogP contribution >= 0.6 is 0 Å². The van der Waals surface area contributed by atoms with Crippen molar-refractivity contribution in [2.75, 3.05) is 13.7 Å². The Hall–Kier alpha value is -3.19. The fraction of sp³-hybridized carbons (Fsp3) is 0.400. The van der Waals surface area contributed by atoms with Gasteiger partial charge in [-0.25, -0.2) is 9.69 Å². The molecular formula is C25H30N2O5. The summed E-state index contributed by atoms with van der Waals surface area (Å²) in [5.74, 6) is -1.74. The number of carbonyl (C=O) groups is 3. The molecule has 3 rings (SSSR count). The van der Waals surface area contributed by atoms with E-state index in [0.717, 1.165) is 11.1 Å². The van der Waals surface area contributed by atoms with Gasteiger partial charge in [-0.3, -0.25) is 9.59 Å². The SMILES string of the molecule is CNC(C)(C)[C@@H](CC(=O)OCc1ccccc1)C(=O)N1C(=O)OC[C@H]1Cc1ccccc1. The summed E-state index contributed by atoms with van der Waals surface area (Å²) < 4.78 is 10.6. The molecule has 32 heavy (non-hydrogen) atoms. The Morgan fingerprint density at radius 3 is 2.28 bits per heavy atom. The molecule has 7 nitrogen and oxygen atoms in total. The third kappa shape index (κ3) is 5.73. The molecule has 1 fully saturated rings. The van der Waals surface area contributed by atoms with Gasteiger partial charge in [-0.1, -0.05) is 60.7 Å². The summed E-state index contributed by atoms with van der Waals surface area (Å²) >= 11 is 0. The molecule has 7 heteroatoms. The average molecular weight is 439 g/mol. The maximum atomic E-state index is 13.5. The first-order valence-electron chi connectivity index (χ1n) is 10.7. The van der Waals surface area contributed by atoms with Gasteiger partial charge in [-0.05, 0) is 38.4 Å². The van der Waals surface area contributed by atoms with E-state index in [1.54, 1.807) is 7.05 Å². The second-order valence-corrected chi connectivity index (χ2v) is 8.50. The van der Waals surface area contributed by atoms with Gasteiger partial charge in [0.05, 0.1) is 18.4 Å². The van der Waals surface area contributed by atoms with Crippen molar-refractivity contribution in [1.29, 1.82) is 0 Å². The van der Waals surface area contributed by atoms with Crippen molar-refractivity contribution in [1.82, 2.24) is 10.2 Å². The van der Waals surface area contributed by atoms with Gasteiger partial charge in [0.2, 0.25) is 5.91 Å². The van der Waals surface area contributed by atoms with Crippen LogP contribution in [-0.4, -0.2) is 48.1 Å². The van der Waals surface area contributed by atoms with Crippen LogP contribution in [0.15, 0.2) is 60.7 Å². The second-order valence-electron chi connectivity index (χ2n) is 8.50. The normalized spacial score (nSPS) is 17.0. The van der Waals surface area contributed by atoms with Crippen molar-refractivity contribution in [2.24, 2.45) is 5.92 Å². The van der Waals surface area contributed by atoms with Gasteiger partial charge in [0.15, 0.2) is 0 Å². The van der Waals surface area contributed by atoms with Crippen LogP contribution in [-0.2, 0) is 32.1 Å². The molecular weight excluding hydrogens is 408 g/mol. The maximum absolute atomic E-state index is 13.5. The highest BCUT2D eigenvalue weighted by molar-refractivity contribution is 5.97. The zero-order valence-corrected chi connectivity index (χ0v) is 18.7. The van der Waals surface area contributed by atoms with E-state index >= 15 is 0 Å². The lowest BCUT2D eigenvalue weighted by molar-refractivity contribution is -0.151. The van der Waals surface area contributed by atoms with Crippen LogP contribution in [0.4, 0.5) is 4.79 Å². The molecule has 1 aliphatic rings. The third-order valence-corrected chi connectivity index (χ3v) is 5.94. The fourth-order valence-corrected chi connectivity index (χ4v) is 3.72. The summed E-state index contributed by atoms with van der Waals surface area (Å²) in [4.78, 5) is 39.8. The molecule has 170 valence electrons. The van der Waals surface area contributed by atoms with Crippen molar-refractivity contribution >= 4 is 18.0 Å². The molecule has 1 heterocycles. The highest BCUT2D eigenvalue weighted by Gasteiger charge is 2.46. The Bertz CT molecular complexity index is 930. The quantitative estimate of drug-likeness (QED) is 0.605. The average Bonchev–Trinajstić information content (AvgIpc) is 3.16. The molecule has 2 aromatic rings. The lowest BCUT2D eigenvalue weighted by Crippen LogP contribution is -2.54. The Morgan fingerprint density at radius 2 is 1.69 bits per heavy atom. The molecule has 2 atom stereocenters. The van der Waals surface area contributed by atoms with E-state index in [1.807, 2.05) is 74.5 Å². The molecule has 0 spiro atoms. The zero-order valence-electron chi connectivity index (χ0n) is 18.7. The number of rotatable bonds is 9. The number of nitrogens with one attached hydrogen (secondary N) is 1. The zero-order chi connectivity index (χ0) is 23.1. The van der Waals surface area contributed by atoms with Gasteiger partial charge in [0, 0.05) is 5.54 Å². The third-order valence-electron chi connectivity index (χ3n) is 5.94. The molecule has 0 radical (unpaired) electrons. The predicted octanol–water partition coefficient (Wildman–Crippen LogP) is 3.32. The number of hydrogen-bond donors (Lipinski definition) is 1. The van der Waals surface area contributed by atoms with Crippen LogP contribution in [0.3, 0.4) is 0 Å². The minimum atomic E-state index is -0.806. The predicted molar refractivity (Wildman–Crippen MR) is 120 cm³/mol. The number of cyclic esters (lactones) is 1. The Kier molecular flexibility index (Phi) is 7.64. The smallest absolute Gasteiger partial charge is 0.416 e. The van der Waals surface area contributed by atoms with Crippen LogP contribution in [0.5, 0.6) is 0 Å². The van der Waals surface area contributed by atoms with Crippen molar-refractivity contribution < 1.29 is 23.9 Å². The number of esters is 1. The first kappa shape index (κ1) is 23.5. The van der Waals surface area contributed by atoms with Gasteiger partial charge >= 0.3 is 12.1 Å². The van der Waals surface area contributed by atoms with E-state index in [1.165, 1.54) is 4.90 Å². The summed E-state index contributed by atoms with van der Waals surface area (Å²) in [6.07, 6.45) is -0.337. The van der Waals surface area contributed by atoms with Crippen molar-refractivity contribution in [2.45, 2.75) is 44.9 Å². The molecule has 0 saturated carbocycles. The minimum absolute atomic E-state index is 0.128. The second kappa shape index (κ2) is 10.4. The Morgan fingerprint density at radius 1 is 1.09 bits per heavy atom. The number of benzene rings is 2. The van der Waals surface area contributed by atoms with Crippen LogP contribution in [0, 0.1) is 5.92 Å². The van der Waals surface area contributed by atoms with Crippen molar-refractivity contribution in [3.05, 3.63) is 71.8 Å². The summed E-state index contributed by atoms with van der Waals surface area (Å²) in [6.45, 7) is 3.91. The van der Waals surface area contributed by atoms with Gasteiger partial charge < -0.3 is 14.8 Å². The standard InChI is InChI=1S/C25H30N2O5/c1-25(2,26-3)21(15-22(28)31-16-19-12-8-5-9-13-19)23(29)27-20(17-32-24(27)30)14-18-10-6-4-7-11-18/h4-13,20-21,26H,14-17H2,1-3H3/t20-,21+/m1/s1. The summed E-state index contributed by atoms with van der Waals surface area (Å²) in [5, 5.41) is 3.10. The topological polar surface area (TPSA) is 84.9 Å². The largest absolute Gasteiger partial charge is 0.461 e. The van der Waals surface area contributed by atoms with Gasteiger partial charge in [-0.15, -0.1) is 0 Å². The number of hydrogen-bond acceptors (Lipinski definition) is 6. The highest BCUT2D eigenvalue weighted by Crippen LogP contribution is 2.28. The van der Waals surface area contributed by atoms with E-state index in [4.69, 9.17) is 9.47 Å². The van der Waals surface area contributed by atoms with Crippen LogP contribution in [0.1, 0.15) is 31.4 Å². The molecule has 2 aromatic carbocycles. The molecule has 0 aromatic heterocycles. The molecule has 0 aliphatic carbocycles. The number of amides is 2. The lowest BCUT2D eigenvalue weighted by atomic mass is 9.83. The monoisotopic (exact) mass is 438 g/mol. The Balaban J connectivity index is 1.74. The number of imide groups is 1. The minimum Gasteiger partial charge on any atom is -0.461 e. The maximum Gasteiger partial charge on any atom is 0.416 e. The molecule has 2 amide bonds. The number of ether oxygens (including phenoxy) is 2. The molecule has 0 unspecified atom stereocenters. The summed E-state index contributed by atoms with van der Waals surface area (Å²) in [7, 11) is 1.72. The molecule has 0 bridgehead atoms. The first-order chi connectivity index (χ1) is 15.3. The summed E-state index contributed by atoms with van der Waals surface area (Å²) in [6, 6.07) is 18.5.